The normalized spacial score (nSPS) is 28.2. The lowest BCUT2D eigenvalue weighted by Crippen LogP contribution is -2.54. The molecular weight excluding hydrogens is 174 g/mol. The van der Waals surface area contributed by atoms with Gasteiger partial charge in [-0.3, -0.25) is 9.69 Å². The summed E-state index contributed by atoms with van der Waals surface area (Å²) in [5.41, 5.74) is 0.277. The number of rotatable bonds is 0. The average Bonchev–Trinajstić information content (AvgIpc) is 2.09. The van der Waals surface area contributed by atoms with E-state index in [0.717, 1.165) is 25.7 Å². The van der Waals surface area contributed by atoms with Crippen LogP contribution >= 0.6 is 0 Å². The van der Waals surface area contributed by atoms with Crippen molar-refractivity contribution in [2.24, 2.45) is 0 Å². The van der Waals surface area contributed by atoms with Crippen molar-refractivity contribution in [1.82, 2.24) is 4.90 Å². The highest BCUT2D eigenvalue weighted by atomic mass is 16.1. The molecule has 2 nitrogen and oxygen atoms in total. The maximum absolute atomic E-state index is 11.5. The predicted octanol–water partition coefficient (Wildman–Crippen LogP) is 2.62. The van der Waals surface area contributed by atoms with Crippen molar-refractivity contribution in [1.29, 1.82) is 0 Å². The van der Waals surface area contributed by atoms with Gasteiger partial charge in [0, 0.05) is 23.9 Å². The first-order valence-electron chi connectivity index (χ1n) is 5.51. The summed E-state index contributed by atoms with van der Waals surface area (Å²) in [6.07, 6.45) is 3.44. The summed E-state index contributed by atoms with van der Waals surface area (Å²) in [7, 11) is 2.18. The van der Waals surface area contributed by atoms with Gasteiger partial charge < -0.3 is 0 Å². The molecule has 0 aliphatic carbocycles. The van der Waals surface area contributed by atoms with E-state index in [9.17, 15) is 4.79 Å². The third-order valence-electron chi connectivity index (χ3n) is 3.85. The van der Waals surface area contributed by atoms with Crippen LogP contribution in [0.25, 0.3) is 0 Å². The predicted molar refractivity (Wildman–Crippen MR) is 59.4 cm³/mol. The van der Waals surface area contributed by atoms with Gasteiger partial charge in [0.1, 0.15) is 5.78 Å². The number of carbonyl (C=O) groups excluding carboxylic acids is 1. The van der Waals surface area contributed by atoms with E-state index >= 15 is 0 Å². The summed E-state index contributed by atoms with van der Waals surface area (Å²) in [4.78, 5) is 13.9. The van der Waals surface area contributed by atoms with Crippen molar-refractivity contribution in [3.63, 3.8) is 0 Å². The summed E-state index contributed by atoms with van der Waals surface area (Å²) in [5, 5.41) is 0. The van der Waals surface area contributed by atoms with Crippen LogP contribution in [0.3, 0.4) is 0 Å². The van der Waals surface area contributed by atoms with E-state index in [1.807, 2.05) is 0 Å². The number of ketones is 1. The molecule has 1 rings (SSSR count). The fourth-order valence-electron chi connectivity index (χ4n) is 2.17. The second-order valence-electron chi connectivity index (χ2n) is 5.72. The highest BCUT2D eigenvalue weighted by Gasteiger charge is 2.36. The summed E-state index contributed by atoms with van der Waals surface area (Å²) < 4.78 is 0. The minimum absolute atomic E-state index is 0.138. The molecule has 1 saturated heterocycles. The molecule has 0 spiro atoms. The van der Waals surface area contributed by atoms with Crippen LogP contribution in [0.5, 0.6) is 0 Å². The molecule has 0 saturated carbocycles. The van der Waals surface area contributed by atoms with Crippen molar-refractivity contribution >= 4 is 5.78 Å². The number of Topliss-reactive ketones (excluding diaryl/α,β-unsaturated/α-hetero) is 1. The molecule has 0 bridgehead atoms. The fraction of sp³-hybridized carbons (Fsp3) is 0.917. The molecule has 1 fully saturated rings. The first-order chi connectivity index (χ1) is 6.26. The molecule has 0 aromatic carbocycles. The minimum Gasteiger partial charge on any atom is -0.300 e. The third kappa shape index (κ3) is 2.35. The molecule has 1 aliphatic rings. The zero-order valence-corrected chi connectivity index (χ0v) is 10.2. The van der Waals surface area contributed by atoms with E-state index in [-0.39, 0.29) is 11.1 Å². The zero-order valence-electron chi connectivity index (χ0n) is 10.2. The van der Waals surface area contributed by atoms with Gasteiger partial charge in [-0.05, 0) is 47.6 Å². The number of carbonyl (C=O) groups is 1. The topological polar surface area (TPSA) is 20.3 Å². The Labute approximate surface area is 87.7 Å². The maximum atomic E-state index is 11.5. The van der Waals surface area contributed by atoms with Crippen molar-refractivity contribution < 1.29 is 4.79 Å². The Bertz CT molecular complexity index is 208. The van der Waals surface area contributed by atoms with Gasteiger partial charge >= 0.3 is 0 Å². The Morgan fingerprint density at radius 2 is 1.36 bits per heavy atom. The summed E-state index contributed by atoms with van der Waals surface area (Å²) in [5.74, 6) is 0.430. The zero-order chi connectivity index (χ0) is 11.0. The molecule has 0 atom stereocenters. The Hall–Kier alpha value is -0.370. The first-order valence-corrected chi connectivity index (χ1v) is 5.51. The summed E-state index contributed by atoms with van der Waals surface area (Å²) >= 11 is 0. The Morgan fingerprint density at radius 1 is 1.00 bits per heavy atom. The average molecular weight is 197 g/mol. The standard InChI is InChI=1S/C12H23NO/c1-11(2)8-6-10(14)7-9-12(3,4)13(11)5/h6-9H2,1-5H3. The largest absolute Gasteiger partial charge is 0.300 e. The molecule has 0 amide bonds. The minimum atomic E-state index is 0.138. The molecule has 14 heavy (non-hydrogen) atoms. The number of likely N-dealkylation sites (tertiary alicyclic amines) is 1. The van der Waals surface area contributed by atoms with Gasteiger partial charge in [-0.1, -0.05) is 0 Å². The second-order valence-corrected chi connectivity index (χ2v) is 5.72. The molecule has 0 N–H and O–H groups in total. The number of hydrogen-bond donors (Lipinski definition) is 0. The molecule has 0 radical (unpaired) electrons. The molecule has 0 aromatic heterocycles. The Kier molecular flexibility index (Phi) is 3.05. The van der Waals surface area contributed by atoms with Gasteiger partial charge in [-0.25, -0.2) is 0 Å². The van der Waals surface area contributed by atoms with Crippen molar-refractivity contribution in [2.75, 3.05) is 7.05 Å². The van der Waals surface area contributed by atoms with Crippen LogP contribution in [0.15, 0.2) is 0 Å². The van der Waals surface area contributed by atoms with Gasteiger partial charge in [0.2, 0.25) is 0 Å². The van der Waals surface area contributed by atoms with Crippen molar-refractivity contribution in [2.45, 2.75) is 64.5 Å². The maximum Gasteiger partial charge on any atom is 0.133 e. The molecule has 1 heterocycles. The summed E-state index contributed by atoms with van der Waals surface area (Å²) in [6.45, 7) is 8.92. The van der Waals surface area contributed by atoms with Crippen molar-refractivity contribution in [3.05, 3.63) is 0 Å². The van der Waals surface area contributed by atoms with Gasteiger partial charge in [0.05, 0.1) is 0 Å². The van der Waals surface area contributed by atoms with Gasteiger partial charge in [-0.2, -0.15) is 0 Å². The second kappa shape index (κ2) is 3.65. The highest BCUT2D eigenvalue weighted by molar-refractivity contribution is 5.78. The van der Waals surface area contributed by atoms with Crippen LogP contribution in [0.4, 0.5) is 0 Å². The molecule has 0 aromatic rings. The lowest BCUT2D eigenvalue weighted by atomic mass is 9.83. The molecule has 2 heteroatoms. The van der Waals surface area contributed by atoms with E-state index < -0.39 is 0 Å². The lowest BCUT2D eigenvalue weighted by molar-refractivity contribution is -0.122. The van der Waals surface area contributed by atoms with Crippen LogP contribution < -0.4 is 0 Å². The van der Waals surface area contributed by atoms with Crippen LogP contribution in [-0.2, 0) is 4.79 Å². The molecule has 82 valence electrons. The van der Waals surface area contributed by atoms with Gasteiger partial charge in [-0.15, -0.1) is 0 Å². The lowest BCUT2D eigenvalue weighted by Gasteiger charge is -2.48. The highest BCUT2D eigenvalue weighted by Crippen LogP contribution is 2.32. The van der Waals surface area contributed by atoms with Crippen LogP contribution in [0, 0.1) is 0 Å². The SMILES string of the molecule is CN1C(C)(C)CCC(=O)CCC1(C)C. The Balaban J connectivity index is 2.86. The van der Waals surface area contributed by atoms with E-state index in [2.05, 4.69) is 39.6 Å². The van der Waals surface area contributed by atoms with Gasteiger partial charge in [0.25, 0.3) is 0 Å². The number of hydrogen-bond acceptors (Lipinski definition) is 2. The Morgan fingerprint density at radius 3 is 1.71 bits per heavy atom. The van der Waals surface area contributed by atoms with Crippen LogP contribution in [0.2, 0.25) is 0 Å². The molecule has 0 unspecified atom stereocenters. The number of nitrogens with zero attached hydrogens (tertiary/aromatic N) is 1. The van der Waals surface area contributed by atoms with Crippen LogP contribution in [-0.4, -0.2) is 28.8 Å². The van der Waals surface area contributed by atoms with E-state index in [4.69, 9.17) is 0 Å². The van der Waals surface area contributed by atoms with Crippen LogP contribution in [0.1, 0.15) is 53.4 Å². The first kappa shape index (κ1) is 11.7. The monoisotopic (exact) mass is 197 g/mol. The van der Waals surface area contributed by atoms with E-state index in [0.29, 0.717) is 5.78 Å². The fourth-order valence-corrected chi connectivity index (χ4v) is 2.17. The quantitative estimate of drug-likeness (QED) is 0.595. The summed E-state index contributed by atoms with van der Waals surface area (Å²) in [6, 6.07) is 0. The smallest absolute Gasteiger partial charge is 0.133 e. The molecule has 1 aliphatic heterocycles. The van der Waals surface area contributed by atoms with Crippen molar-refractivity contribution in [3.8, 4) is 0 Å². The molecular formula is C12H23NO. The van der Waals surface area contributed by atoms with Gasteiger partial charge in [0.15, 0.2) is 0 Å². The van der Waals surface area contributed by atoms with E-state index in [1.54, 1.807) is 0 Å². The third-order valence-corrected chi connectivity index (χ3v) is 3.85. The van der Waals surface area contributed by atoms with E-state index in [1.165, 1.54) is 0 Å².